The van der Waals surface area contributed by atoms with Crippen molar-refractivity contribution in [3.63, 3.8) is 0 Å². The Morgan fingerprint density at radius 2 is 2.08 bits per heavy atom. The maximum absolute atomic E-state index is 12.6. The van der Waals surface area contributed by atoms with E-state index in [4.69, 9.17) is 0 Å². The zero-order valence-electron chi connectivity index (χ0n) is 14.0. The first-order valence-corrected chi connectivity index (χ1v) is 10.5. The Labute approximate surface area is 152 Å². The van der Waals surface area contributed by atoms with E-state index in [9.17, 15) is 8.42 Å². The van der Waals surface area contributed by atoms with Crippen LogP contribution in [-0.4, -0.2) is 32.5 Å². The lowest BCUT2D eigenvalue weighted by Crippen LogP contribution is -2.40. The molecular formula is C18H21N3O2S2. The number of nitrogens with one attached hydrogen (secondary N) is 2. The lowest BCUT2D eigenvalue weighted by atomic mass is 10.2. The predicted molar refractivity (Wildman–Crippen MR) is 102 cm³/mol. The first-order valence-electron chi connectivity index (χ1n) is 8.12. The highest BCUT2D eigenvalue weighted by Crippen LogP contribution is 2.18. The zero-order valence-corrected chi connectivity index (χ0v) is 15.6. The number of fused-ring (bicyclic) bond motifs is 1. The molecule has 1 aromatic carbocycles. The molecule has 2 N–H and O–H groups in total. The number of nitrogens with zero attached hydrogens (tertiary/aromatic N) is 1. The fourth-order valence-corrected chi connectivity index (χ4v) is 4.57. The first-order chi connectivity index (χ1) is 12.0. The van der Waals surface area contributed by atoms with Gasteiger partial charge in [-0.1, -0.05) is 6.07 Å². The topological polar surface area (TPSA) is 71.1 Å². The van der Waals surface area contributed by atoms with Crippen LogP contribution in [0.4, 0.5) is 0 Å². The van der Waals surface area contributed by atoms with E-state index in [0.717, 1.165) is 23.7 Å². The van der Waals surface area contributed by atoms with Crippen LogP contribution < -0.4 is 10.0 Å². The molecule has 5 nitrogen and oxygen atoms in total. The highest BCUT2D eigenvalue weighted by Gasteiger charge is 2.17. The molecule has 2 heterocycles. The van der Waals surface area contributed by atoms with Crippen LogP contribution in [0.5, 0.6) is 0 Å². The molecule has 0 bridgehead atoms. The standard InChI is InChI=1S/C18H21N3O2S2/c1-14(11-19-7-4-15-6-9-24-13-15)21-25(22,23)18-3-2-17-12-20-8-5-16(17)10-18/h2-3,5-6,8-10,12-14,19,21H,4,7,11H2,1H3/t14-/m1/s1. The minimum atomic E-state index is -3.54. The van der Waals surface area contributed by atoms with Gasteiger partial charge in [0.2, 0.25) is 10.0 Å². The number of aromatic nitrogens is 1. The van der Waals surface area contributed by atoms with Gasteiger partial charge in [0.25, 0.3) is 0 Å². The second kappa shape index (κ2) is 8.05. The summed E-state index contributed by atoms with van der Waals surface area (Å²) in [4.78, 5) is 4.31. The van der Waals surface area contributed by atoms with E-state index in [2.05, 4.69) is 31.8 Å². The lowest BCUT2D eigenvalue weighted by molar-refractivity contribution is 0.537. The van der Waals surface area contributed by atoms with Crippen molar-refractivity contribution in [3.05, 3.63) is 59.0 Å². The molecule has 0 aliphatic carbocycles. The average molecular weight is 376 g/mol. The number of sulfonamides is 1. The van der Waals surface area contributed by atoms with Gasteiger partial charge in [0.1, 0.15) is 0 Å². The molecule has 0 unspecified atom stereocenters. The van der Waals surface area contributed by atoms with Crippen molar-refractivity contribution in [2.45, 2.75) is 24.3 Å². The molecule has 3 aromatic rings. The van der Waals surface area contributed by atoms with Gasteiger partial charge < -0.3 is 5.32 Å². The van der Waals surface area contributed by atoms with E-state index < -0.39 is 10.0 Å². The number of hydrogen-bond donors (Lipinski definition) is 2. The van der Waals surface area contributed by atoms with Crippen LogP contribution in [0, 0.1) is 0 Å². The smallest absolute Gasteiger partial charge is 0.240 e. The Hall–Kier alpha value is -1.80. The van der Waals surface area contributed by atoms with Gasteiger partial charge in [0.15, 0.2) is 0 Å². The van der Waals surface area contributed by atoms with E-state index in [1.54, 1.807) is 41.9 Å². The van der Waals surface area contributed by atoms with Crippen LogP contribution >= 0.6 is 11.3 Å². The molecule has 3 rings (SSSR count). The van der Waals surface area contributed by atoms with E-state index in [0.29, 0.717) is 6.54 Å². The highest BCUT2D eigenvalue weighted by atomic mass is 32.2. The van der Waals surface area contributed by atoms with Gasteiger partial charge >= 0.3 is 0 Å². The summed E-state index contributed by atoms with van der Waals surface area (Å²) in [6.45, 7) is 3.27. The van der Waals surface area contributed by atoms with Crippen LogP contribution in [0.1, 0.15) is 12.5 Å². The van der Waals surface area contributed by atoms with Gasteiger partial charge in [0.05, 0.1) is 4.90 Å². The molecule has 0 amide bonds. The Morgan fingerprint density at radius 1 is 1.20 bits per heavy atom. The largest absolute Gasteiger partial charge is 0.315 e. The fourth-order valence-electron chi connectivity index (χ4n) is 2.59. The van der Waals surface area contributed by atoms with Crippen molar-refractivity contribution in [1.82, 2.24) is 15.0 Å². The van der Waals surface area contributed by atoms with Crippen LogP contribution in [-0.2, 0) is 16.4 Å². The quantitative estimate of drug-likeness (QED) is 0.594. The first kappa shape index (κ1) is 18.0. The number of pyridine rings is 1. The molecule has 0 aliphatic heterocycles. The monoisotopic (exact) mass is 375 g/mol. The predicted octanol–water partition coefficient (Wildman–Crippen LogP) is 2.80. The Bertz CT molecular complexity index is 924. The van der Waals surface area contributed by atoms with Crippen molar-refractivity contribution in [1.29, 1.82) is 0 Å². The Morgan fingerprint density at radius 3 is 2.88 bits per heavy atom. The molecule has 2 aromatic heterocycles. The molecule has 0 saturated heterocycles. The number of benzene rings is 1. The van der Waals surface area contributed by atoms with E-state index in [-0.39, 0.29) is 10.9 Å². The van der Waals surface area contributed by atoms with Gasteiger partial charge in [-0.15, -0.1) is 0 Å². The minimum absolute atomic E-state index is 0.194. The second-order valence-corrected chi connectivity index (χ2v) is 8.49. The SMILES string of the molecule is C[C@H](CNCCc1ccsc1)NS(=O)(=O)c1ccc2cnccc2c1. The van der Waals surface area contributed by atoms with Gasteiger partial charge in [-0.05, 0) is 65.9 Å². The Balaban J connectivity index is 1.56. The minimum Gasteiger partial charge on any atom is -0.315 e. The Kier molecular flexibility index (Phi) is 5.80. The number of hydrogen-bond acceptors (Lipinski definition) is 5. The van der Waals surface area contributed by atoms with Gasteiger partial charge in [-0.25, -0.2) is 13.1 Å². The molecule has 25 heavy (non-hydrogen) atoms. The maximum atomic E-state index is 12.6. The van der Waals surface area contributed by atoms with Crippen LogP contribution in [0.3, 0.4) is 0 Å². The third-order valence-corrected chi connectivity index (χ3v) is 6.22. The van der Waals surface area contributed by atoms with Crippen molar-refractivity contribution in [2.24, 2.45) is 0 Å². The fraction of sp³-hybridized carbons (Fsp3) is 0.278. The third-order valence-electron chi connectivity index (χ3n) is 3.90. The van der Waals surface area contributed by atoms with E-state index in [1.165, 1.54) is 5.56 Å². The molecule has 1 atom stereocenters. The van der Waals surface area contributed by atoms with Gasteiger partial charge in [-0.3, -0.25) is 4.98 Å². The number of thiophene rings is 1. The van der Waals surface area contributed by atoms with E-state index >= 15 is 0 Å². The maximum Gasteiger partial charge on any atom is 0.240 e. The number of rotatable bonds is 8. The lowest BCUT2D eigenvalue weighted by Gasteiger charge is -2.15. The normalized spacial score (nSPS) is 13.2. The summed E-state index contributed by atoms with van der Waals surface area (Å²) in [7, 11) is -3.54. The molecule has 0 radical (unpaired) electrons. The summed E-state index contributed by atoms with van der Waals surface area (Å²) in [6, 6.07) is 8.79. The summed E-state index contributed by atoms with van der Waals surface area (Å²) in [5, 5.41) is 9.27. The van der Waals surface area contributed by atoms with Crippen LogP contribution in [0.25, 0.3) is 10.8 Å². The van der Waals surface area contributed by atoms with Crippen molar-refractivity contribution in [2.75, 3.05) is 13.1 Å². The van der Waals surface area contributed by atoms with Crippen molar-refractivity contribution in [3.8, 4) is 0 Å². The molecule has 0 saturated carbocycles. The zero-order chi connectivity index (χ0) is 17.7. The average Bonchev–Trinajstić information content (AvgIpc) is 3.11. The molecule has 7 heteroatoms. The summed E-state index contributed by atoms with van der Waals surface area (Å²) < 4.78 is 27.8. The molecule has 0 fully saturated rings. The van der Waals surface area contributed by atoms with Crippen molar-refractivity contribution < 1.29 is 8.42 Å². The van der Waals surface area contributed by atoms with Crippen LogP contribution in [0.15, 0.2) is 58.4 Å². The highest BCUT2D eigenvalue weighted by molar-refractivity contribution is 7.89. The van der Waals surface area contributed by atoms with Gasteiger partial charge in [0, 0.05) is 30.4 Å². The third kappa shape index (κ3) is 4.85. The van der Waals surface area contributed by atoms with Crippen molar-refractivity contribution >= 4 is 32.1 Å². The summed E-state index contributed by atoms with van der Waals surface area (Å²) >= 11 is 1.69. The molecular weight excluding hydrogens is 354 g/mol. The summed E-state index contributed by atoms with van der Waals surface area (Å²) in [5.74, 6) is 0. The van der Waals surface area contributed by atoms with Crippen LogP contribution in [0.2, 0.25) is 0 Å². The molecule has 0 spiro atoms. The molecule has 0 aliphatic rings. The summed E-state index contributed by atoms with van der Waals surface area (Å²) in [5.41, 5.74) is 1.30. The van der Waals surface area contributed by atoms with Gasteiger partial charge in [-0.2, -0.15) is 11.3 Å². The van der Waals surface area contributed by atoms with E-state index in [1.807, 2.05) is 13.0 Å². The molecule has 132 valence electrons. The second-order valence-electron chi connectivity index (χ2n) is 5.99. The summed E-state index contributed by atoms with van der Waals surface area (Å²) in [6.07, 6.45) is 4.33.